The Bertz CT molecular complexity index is 495. The third kappa shape index (κ3) is 4.04. The SMILES string of the molecule is CCCC1(O)CN(C(=O)CC(NC(C)=O)c2cccs2)C1. The molecule has 1 saturated heterocycles. The molecule has 1 atom stereocenters. The van der Waals surface area contributed by atoms with Gasteiger partial charge < -0.3 is 15.3 Å². The first-order valence-corrected chi connectivity index (χ1v) is 8.12. The van der Waals surface area contributed by atoms with Crippen LogP contribution in [0.25, 0.3) is 0 Å². The molecule has 6 heteroatoms. The van der Waals surface area contributed by atoms with E-state index >= 15 is 0 Å². The number of amides is 2. The molecule has 5 nitrogen and oxygen atoms in total. The zero-order chi connectivity index (χ0) is 15.5. The van der Waals surface area contributed by atoms with Crippen LogP contribution in [0, 0.1) is 0 Å². The standard InChI is InChI=1S/C15H22N2O3S/c1-3-6-15(20)9-17(10-15)14(19)8-12(16-11(2)18)13-5-4-7-21-13/h4-5,7,12,20H,3,6,8-10H2,1-2H3,(H,16,18). The molecule has 0 bridgehead atoms. The van der Waals surface area contributed by atoms with Crippen LogP contribution in [0.1, 0.15) is 44.0 Å². The van der Waals surface area contributed by atoms with Crippen LogP contribution in [0.4, 0.5) is 0 Å². The molecule has 0 radical (unpaired) electrons. The summed E-state index contributed by atoms with van der Waals surface area (Å²) in [6.07, 6.45) is 1.86. The molecule has 1 fully saturated rings. The lowest BCUT2D eigenvalue weighted by atomic mass is 9.89. The number of nitrogens with zero attached hydrogens (tertiary/aromatic N) is 1. The van der Waals surface area contributed by atoms with Crippen LogP contribution in [-0.2, 0) is 9.59 Å². The van der Waals surface area contributed by atoms with Gasteiger partial charge in [-0.3, -0.25) is 9.59 Å². The van der Waals surface area contributed by atoms with Crippen molar-refractivity contribution >= 4 is 23.2 Å². The number of likely N-dealkylation sites (tertiary alicyclic amines) is 1. The van der Waals surface area contributed by atoms with Gasteiger partial charge in [-0.15, -0.1) is 11.3 Å². The van der Waals surface area contributed by atoms with Crippen molar-refractivity contribution in [1.82, 2.24) is 10.2 Å². The summed E-state index contributed by atoms with van der Waals surface area (Å²) >= 11 is 1.53. The normalized spacial score (nSPS) is 18.0. The Morgan fingerprint density at radius 1 is 1.52 bits per heavy atom. The van der Waals surface area contributed by atoms with Gasteiger partial charge in [0.05, 0.1) is 31.2 Å². The number of β-amino-alcohol motifs (C(OH)–C–C–N with tert-alkyl or cyclic N) is 1. The zero-order valence-corrected chi connectivity index (χ0v) is 13.3. The summed E-state index contributed by atoms with van der Waals surface area (Å²) in [4.78, 5) is 26.2. The van der Waals surface area contributed by atoms with Gasteiger partial charge >= 0.3 is 0 Å². The van der Waals surface area contributed by atoms with Crippen molar-refractivity contribution in [3.05, 3.63) is 22.4 Å². The van der Waals surface area contributed by atoms with Crippen LogP contribution in [-0.4, -0.2) is 40.5 Å². The van der Waals surface area contributed by atoms with Crippen LogP contribution in [0.15, 0.2) is 17.5 Å². The van der Waals surface area contributed by atoms with Gasteiger partial charge in [-0.1, -0.05) is 19.4 Å². The summed E-state index contributed by atoms with van der Waals surface area (Å²) in [7, 11) is 0. The predicted molar refractivity (Wildman–Crippen MR) is 81.9 cm³/mol. The van der Waals surface area contributed by atoms with E-state index in [1.54, 1.807) is 4.90 Å². The minimum Gasteiger partial charge on any atom is -0.386 e. The van der Waals surface area contributed by atoms with E-state index in [2.05, 4.69) is 5.32 Å². The monoisotopic (exact) mass is 310 g/mol. The molecular weight excluding hydrogens is 288 g/mol. The number of hydrogen-bond acceptors (Lipinski definition) is 4. The number of nitrogens with one attached hydrogen (secondary N) is 1. The van der Waals surface area contributed by atoms with Crippen LogP contribution < -0.4 is 5.32 Å². The van der Waals surface area contributed by atoms with Crippen molar-refractivity contribution in [2.75, 3.05) is 13.1 Å². The van der Waals surface area contributed by atoms with E-state index < -0.39 is 5.60 Å². The van der Waals surface area contributed by atoms with Crippen molar-refractivity contribution in [3.8, 4) is 0 Å². The number of hydrogen-bond donors (Lipinski definition) is 2. The highest BCUT2D eigenvalue weighted by Crippen LogP contribution is 2.29. The molecule has 2 amide bonds. The third-order valence-electron chi connectivity index (χ3n) is 3.68. The Hall–Kier alpha value is -1.40. The molecule has 1 unspecified atom stereocenters. The van der Waals surface area contributed by atoms with Crippen LogP contribution in [0.3, 0.4) is 0 Å². The van der Waals surface area contributed by atoms with Gasteiger partial charge in [-0.2, -0.15) is 0 Å². The molecule has 0 spiro atoms. The summed E-state index contributed by atoms with van der Waals surface area (Å²) in [5.41, 5.74) is -0.711. The van der Waals surface area contributed by atoms with Crippen molar-refractivity contribution in [1.29, 1.82) is 0 Å². The highest BCUT2D eigenvalue weighted by atomic mass is 32.1. The second kappa shape index (κ2) is 6.58. The van der Waals surface area contributed by atoms with E-state index in [0.29, 0.717) is 13.1 Å². The lowest BCUT2D eigenvalue weighted by molar-refractivity contribution is -0.157. The van der Waals surface area contributed by atoms with Crippen LogP contribution in [0.2, 0.25) is 0 Å². The third-order valence-corrected chi connectivity index (χ3v) is 4.67. The van der Waals surface area contributed by atoms with Gasteiger partial charge in [-0.05, 0) is 17.9 Å². The molecule has 0 aliphatic carbocycles. The van der Waals surface area contributed by atoms with Gasteiger partial charge in [-0.25, -0.2) is 0 Å². The second-order valence-corrected chi connectivity index (χ2v) is 6.68. The lowest BCUT2D eigenvalue weighted by Gasteiger charge is -2.47. The lowest BCUT2D eigenvalue weighted by Crippen LogP contribution is -2.63. The minimum absolute atomic E-state index is 0.0251. The van der Waals surface area contributed by atoms with Gasteiger partial charge in [0.1, 0.15) is 0 Å². The fraction of sp³-hybridized carbons (Fsp3) is 0.600. The summed E-state index contributed by atoms with van der Waals surface area (Å²) < 4.78 is 0. The Kier molecular flexibility index (Phi) is 5.00. The fourth-order valence-electron chi connectivity index (χ4n) is 2.73. The van der Waals surface area contributed by atoms with E-state index in [1.165, 1.54) is 18.3 Å². The summed E-state index contributed by atoms with van der Waals surface area (Å²) in [5.74, 6) is -0.171. The van der Waals surface area contributed by atoms with Crippen molar-refractivity contribution in [2.24, 2.45) is 0 Å². The Morgan fingerprint density at radius 2 is 2.24 bits per heavy atom. The maximum atomic E-state index is 12.3. The van der Waals surface area contributed by atoms with E-state index in [4.69, 9.17) is 0 Å². The first-order valence-electron chi connectivity index (χ1n) is 7.24. The van der Waals surface area contributed by atoms with E-state index in [-0.39, 0.29) is 24.3 Å². The molecule has 1 aromatic heterocycles. The number of carbonyl (C=O) groups excluding carboxylic acids is 2. The second-order valence-electron chi connectivity index (χ2n) is 5.70. The maximum absolute atomic E-state index is 12.3. The van der Waals surface area contributed by atoms with Crippen LogP contribution in [0.5, 0.6) is 0 Å². The highest BCUT2D eigenvalue weighted by molar-refractivity contribution is 7.10. The molecule has 0 aromatic carbocycles. The Morgan fingerprint density at radius 3 is 2.76 bits per heavy atom. The predicted octanol–water partition coefficient (Wildman–Crippen LogP) is 1.69. The first-order chi connectivity index (χ1) is 9.93. The number of carbonyl (C=O) groups is 2. The number of rotatable bonds is 6. The topological polar surface area (TPSA) is 69.6 Å². The number of aliphatic hydroxyl groups is 1. The average Bonchev–Trinajstić information content (AvgIpc) is 2.88. The maximum Gasteiger partial charge on any atom is 0.225 e. The molecule has 2 heterocycles. The number of thiophene rings is 1. The molecule has 1 aliphatic heterocycles. The van der Waals surface area contributed by atoms with Crippen molar-refractivity contribution in [3.63, 3.8) is 0 Å². The van der Waals surface area contributed by atoms with Crippen molar-refractivity contribution in [2.45, 2.75) is 44.8 Å². The molecule has 1 aromatic rings. The van der Waals surface area contributed by atoms with Crippen molar-refractivity contribution < 1.29 is 14.7 Å². The highest BCUT2D eigenvalue weighted by Gasteiger charge is 2.42. The van der Waals surface area contributed by atoms with Crippen LogP contribution >= 0.6 is 11.3 Å². The first kappa shape index (κ1) is 16.0. The summed E-state index contributed by atoms with van der Waals surface area (Å²) in [6.45, 7) is 4.27. The van der Waals surface area contributed by atoms with Gasteiger partial charge in [0.15, 0.2) is 0 Å². The molecule has 2 rings (SSSR count). The molecule has 21 heavy (non-hydrogen) atoms. The zero-order valence-electron chi connectivity index (χ0n) is 12.5. The largest absolute Gasteiger partial charge is 0.386 e. The summed E-state index contributed by atoms with van der Waals surface area (Å²) in [5, 5.41) is 14.9. The quantitative estimate of drug-likeness (QED) is 0.840. The van der Waals surface area contributed by atoms with E-state index in [0.717, 1.165) is 17.7 Å². The Labute approximate surface area is 129 Å². The van der Waals surface area contributed by atoms with E-state index in [1.807, 2.05) is 24.4 Å². The average molecular weight is 310 g/mol. The van der Waals surface area contributed by atoms with Gasteiger partial charge in [0.2, 0.25) is 11.8 Å². The van der Waals surface area contributed by atoms with E-state index in [9.17, 15) is 14.7 Å². The summed E-state index contributed by atoms with van der Waals surface area (Å²) in [6, 6.07) is 3.54. The molecule has 2 N–H and O–H groups in total. The van der Waals surface area contributed by atoms with Gasteiger partial charge in [0.25, 0.3) is 0 Å². The fourth-order valence-corrected chi connectivity index (χ4v) is 3.50. The van der Waals surface area contributed by atoms with Gasteiger partial charge in [0, 0.05) is 11.8 Å². The molecule has 0 saturated carbocycles. The minimum atomic E-state index is -0.711. The molecule has 1 aliphatic rings. The molecular formula is C15H22N2O3S. The Balaban J connectivity index is 1.92. The smallest absolute Gasteiger partial charge is 0.225 e. The molecule has 116 valence electrons.